The Bertz CT molecular complexity index is 641. The molecule has 0 unspecified atom stereocenters. The topological polar surface area (TPSA) is 46.9 Å². The maximum absolute atomic E-state index is 12.2. The number of hydrogen-bond acceptors (Lipinski definition) is 2. The Labute approximate surface area is 131 Å². The molecule has 0 saturated heterocycles. The first-order valence-corrected chi connectivity index (χ1v) is 8.11. The zero-order valence-corrected chi connectivity index (χ0v) is 13.1. The number of nitrogens with one attached hydrogen (secondary N) is 1. The summed E-state index contributed by atoms with van der Waals surface area (Å²) in [5.74, 6) is 0.945. The first-order valence-electron chi connectivity index (χ1n) is 8.11. The van der Waals surface area contributed by atoms with Gasteiger partial charge in [-0.25, -0.2) is 0 Å². The maximum atomic E-state index is 12.2. The van der Waals surface area contributed by atoms with Crippen LogP contribution in [0.1, 0.15) is 43.2 Å². The number of carbonyl (C=O) groups is 1. The summed E-state index contributed by atoms with van der Waals surface area (Å²) in [6.45, 7) is 2.83. The van der Waals surface area contributed by atoms with Crippen molar-refractivity contribution in [3.8, 4) is 0 Å². The van der Waals surface area contributed by atoms with E-state index < -0.39 is 0 Å². The molecule has 1 fully saturated rings. The summed E-state index contributed by atoms with van der Waals surface area (Å²) in [6, 6.07) is 10.2. The average Bonchev–Trinajstić information content (AvgIpc) is 2.97. The lowest BCUT2D eigenvalue weighted by molar-refractivity contribution is -0.120. The van der Waals surface area contributed by atoms with Gasteiger partial charge >= 0.3 is 0 Å². The zero-order valence-electron chi connectivity index (χ0n) is 13.1. The van der Waals surface area contributed by atoms with Crippen molar-refractivity contribution in [2.45, 2.75) is 45.6 Å². The van der Waals surface area contributed by atoms with E-state index in [-0.39, 0.29) is 11.8 Å². The Kier molecular flexibility index (Phi) is 4.56. The highest BCUT2D eigenvalue weighted by atomic mass is 16.2. The fraction of sp³-hybridized carbons (Fsp3) is 0.444. The van der Waals surface area contributed by atoms with Crippen LogP contribution >= 0.6 is 0 Å². The zero-order chi connectivity index (χ0) is 15.4. The van der Waals surface area contributed by atoms with Crippen molar-refractivity contribution in [1.29, 1.82) is 0 Å². The standard InChI is InChI=1S/C18H23N3O/c1-14-7-5-6-10-16(14)13-21-12-11-17(20-21)19-18(22)15-8-3-2-4-9-15/h5-7,10-12,15H,2-4,8-9,13H2,1H3,(H,19,20,22). The van der Waals surface area contributed by atoms with Crippen LogP contribution in [-0.2, 0) is 11.3 Å². The molecule has 4 nitrogen and oxygen atoms in total. The van der Waals surface area contributed by atoms with Crippen LogP contribution in [0.25, 0.3) is 0 Å². The second-order valence-electron chi connectivity index (χ2n) is 6.15. The second kappa shape index (κ2) is 6.77. The molecular formula is C18H23N3O. The second-order valence-corrected chi connectivity index (χ2v) is 6.15. The van der Waals surface area contributed by atoms with Gasteiger partial charge in [0.25, 0.3) is 0 Å². The highest BCUT2D eigenvalue weighted by Gasteiger charge is 2.21. The molecule has 116 valence electrons. The van der Waals surface area contributed by atoms with Gasteiger partial charge in [-0.3, -0.25) is 9.48 Å². The SMILES string of the molecule is Cc1ccccc1Cn1ccc(NC(=O)C2CCCCC2)n1. The number of aryl methyl sites for hydroxylation is 1. The normalized spacial score (nSPS) is 15.7. The Balaban J connectivity index is 1.61. The monoisotopic (exact) mass is 297 g/mol. The van der Waals surface area contributed by atoms with Crippen molar-refractivity contribution in [2.75, 3.05) is 5.32 Å². The number of anilines is 1. The molecule has 1 aliphatic rings. The molecule has 1 N–H and O–H groups in total. The molecule has 1 heterocycles. The van der Waals surface area contributed by atoms with Crippen LogP contribution in [0.2, 0.25) is 0 Å². The quantitative estimate of drug-likeness (QED) is 0.934. The van der Waals surface area contributed by atoms with E-state index in [1.165, 1.54) is 30.4 Å². The van der Waals surface area contributed by atoms with E-state index in [0.29, 0.717) is 5.82 Å². The van der Waals surface area contributed by atoms with E-state index in [4.69, 9.17) is 0 Å². The summed E-state index contributed by atoms with van der Waals surface area (Å²) in [5.41, 5.74) is 2.50. The predicted molar refractivity (Wildman–Crippen MR) is 87.7 cm³/mol. The van der Waals surface area contributed by atoms with Gasteiger partial charge in [-0.05, 0) is 30.9 Å². The minimum atomic E-state index is 0.126. The Morgan fingerprint density at radius 1 is 1.23 bits per heavy atom. The van der Waals surface area contributed by atoms with Crippen LogP contribution in [0.4, 0.5) is 5.82 Å². The third-order valence-corrected chi connectivity index (χ3v) is 4.46. The van der Waals surface area contributed by atoms with Gasteiger partial charge in [-0.2, -0.15) is 5.10 Å². The average molecular weight is 297 g/mol. The number of hydrogen-bond donors (Lipinski definition) is 1. The van der Waals surface area contributed by atoms with Crippen LogP contribution in [0.15, 0.2) is 36.5 Å². The summed E-state index contributed by atoms with van der Waals surface area (Å²) < 4.78 is 1.87. The highest BCUT2D eigenvalue weighted by molar-refractivity contribution is 5.91. The summed E-state index contributed by atoms with van der Waals surface area (Å²) in [7, 11) is 0. The number of amides is 1. The molecule has 0 aliphatic heterocycles. The summed E-state index contributed by atoms with van der Waals surface area (Å²) >= 11 is 0. The van der Waals surface area contributed by atoms with Gasteiger partial charge < -0.3 is 5.32 Å². The van der Waals surface area contributed by atoms with Crippen LogP contribution in [0.3, 0.4) is 0 Å². The molecule has 1 saturated carbocycles. The third-order valence-electron chi connectivity index (χ3n) is 4.46. The largest absolute Gasteiger partial charge is 0.309 e. The smallest absolute Gasteiger partial charge is 0.228 e. The number of rotatable bonds is 4. The number of carbonyl (C=O) groups excluding carboxylic acids is 1. The molecule has 0 bridgehead atoms. The van der Waals surface area contributed by atoms with Crippen molar-refractivity contribution in [1.82, 2.24) is 9.78 Å². The molecule has 3 rings (SSSR count). The van der Waals surface area contributed by atoms with Crippen molar-refractivity contribution < 1.29 is 4.79 Å². The van der Waals surface area contributed by atoms with Gasteiger partial charge in [0.2, 0.25) is 5.91 Å². The summed E-state index contributed by atoms with van der Waals surface area (Å²) in [5, 5.41) is 7.43. The molecule has 1 aromatic heterocycles. The lowest BCUT2D eigenvalue weighted by atomic mass is 9.89. The number of nitrogens with zero attached hydrogens (tertiary/aromatic N) is 2. The lowest BCUT2D eigenvalue weighted by Crippen LogP contribution is -2.25. The van der Waals surface area contributed by atoms with Crippen LogP contribution < -0.4 is 5.32 Å². The van der Waals surface area contributed by atoms with Crippen molar-refractivity contribution in [3.63, 3.8) is 0 Å². The Morgan fingerprint density at radius 3 is 2.77 bits per heavy atom. The molecule has 22 heavy (non-hydrogen) atoms. The molecule has 0 spiro atoms. The van der Waals surface area contributed by atoms with Crippen molar-refractivity contribution in [3.05, 3.63) is 47.7 Å². The minimum Gasteiger partial charge on any atom is -0.309 e. The predicted octanol–water partition coefficient (Wildman–Crippen LogP) is 3.76. The Morgan fingerprint density at radius 2 is 2.00 bits per heavy atom. The first-order chi connectivity index (χ1) is 10.7. The summed E-state index contributed by atoms with van der Waals surface area (Å²) in [6.07, 6.45) is 7.53. The van der Waals surface area contributed by atoms with E-state index in [1.54, 1.807) is 0 Å². The molecule has 1 amide bonds. The molecule has 1 aromatic carbocycles. The molecule has 2 aromatic rings. The van der Waals surface area contributed by atoms with E-state index in [1.807, 2.05) is 29.1 Å². The molecule has 4 heteroatoms. The van der Waals surface area contributed by atoms with E-state index in [2.05, 4.69) is 29.5 Å². The van der Waals surface area contributed by atoms with E-state index in [0.717, 1.165) is 19.4 Å². The third kappa shape index (κ3) is 3.56. The maximum Gasteiger partial charge on any atom is 0.228 e. The van der Waals surface area contributed by atoms with Crippen molar-refractivity contribution in [2.24, 2.45) is 5.92 Å². The Hall–Kier alpha value is -2.10. The van der Waals surface area contributed by atoms with Crippen molar-refractivity contribution >= 4 is 11.7 Å². The van der Waals surface area contributed by atoms with Gasteiger partial charge in [0, 0.05) is 18.2 Å². The van der Waals surface area contributed by atoms with Gasteiger partial charge in [0.15, 0.2) is 5.82 Å². The fourth-order valence-electron chi connectivity index (χ4n) is 3.07. The molecule has 0 atom stereocenters. The molecule has 1 aliphatic carbocycles. The summed E-state index contributed by atoms with van der Waals surface area (Å²) in [4.78, 5) is 12.2. The van der Waals surface area contributed by atoms with Gasteiger partial charge in [-0.15, -0.1) is 0 Å². The highest BCUT2D eigenvalue weighted by Crippen LogP contribution is 2.24. The van der Waals surface area contributed by atoms with Crippen LogP contribution in [0, 0.1) is 12.8 Å². The first kappa shape index (κ1) is 14.8. The number of aromatic nitrogens is 2. The van der Waals surface area contributed by atoms with Crippen LogP contribution in [-0.4, -0.2) is 15.7 Å². The van der Waals surface area contributed by atoms with Gasteiger partial charge in [0.05, 0.1) is 6.54 Å². The van der Waals surface area contributed by atoms with E-state index in [9.17, 15) is 4.79 Å². The van der Waals surface area contributed by atoms with Gasteiger partial charge in [0.1, 0.15) is 0 Å². The molecular weight excluding hydrogens is 274 g/mol. The van der Waals surface area contributed by atoms with Gasteiger partial charge in [-0.1, -0.05) is 43.5 Å². The molecule has 0 radical (unpaired) electrons. The lowest BCUT2D eigenvalue weighted by Gasteiger charge is -2.19. The van der Waals surface area contributed by atoms with E-state index >= 15 is 0 Å². The van der Waals surface area contributed by atoms with Crippen LogP contribution in [0.5, 0.6) is 0 Å². The number of benzene rings is 1. The fourth-order valence-corrected chi connectivity index (χ4v) is 3.07. The minimum absolute atomic E-state index is 0.126.